The predicted octanol–water partition coefficient (Wildman–Crippen LogP) is 1.73. The van der Waals surface area contributed by atoms with Gasteiger partial charge in [-0.15, -0.1) is 0 Å². The van der Waals surface area contributed by atoms with Crippen molar-refractivity contribution >= 4 is 5.91 Å². The molecule has 0 fully saturated rings. The van der Waals surface area contributed by atoms with Crippen LogP contribution in [0.2, 0.25) is 0 Å². The number of hydrazine groups is 1. The average Bonchev–Trinajstić information content (AvgIpc) is 2.25. The lowest BCUT2D eigenvalue weighted by molar-refractivity contribution is 0.0914. The first-order valence-corrected chi connectivity index (χ1v) is 5.14. The summed E-state index contributed by atoms with van der Waals surface area (Å²) < 4.78 is 5.02. The fourth-order valence-electron chi connectivity index (χ4n) is 1.06. The Balaban J connectivity index is 2.59. The van der Waals surface area contributed by atoms with Crippen molar-refractivity contribution < 1.29 is 9.53 Å². The molecule has 1 aromatic carbocycles. The number of nitrogens with one attached hydrogen (secondary N) is 2. The number of ether oxygens (including phenoxy) is 1. The van der Waals surface area contributed by atoms with E-state index < -0.39 is 0 Å². The number of carbonyl (C=O) groups is 1. The molecule has 4 heteroatoms. The van der Waals surface area contributed by atoms with Gasteiger partial charge in [0.05, 0.1) is 7.11 Å². The molecule has 0 radical (unpaired) electrons. The lowest BCUT2D eigenvalue weighted by atomic mass is 10.1. The van der Waals surface area contributed by atoms with Gasteiger partial charge < -0.3 is 4.74 Å². The van der Waals surface area contributed by atoms with Crippen molar-refractivity contribution in [2.75, 3.05) is 7.11 Å². The zero-order valence-electron chi connectivity index (χ0n) is 10.1. The van der Waals surface area contributed by atoms with Crippen LogP contribution in [-0.4, -0.2) is 18.6 Å². The van der Waals surface area contributed by atoms with E-state index in [1.807, 2.05) is 20.8 Å². The van der Waals surface area contributed by atoms with Crippen molar-refractivity contribution in [1.29, 1.82) is 0 Å². The summed E-state index contributed by atoms with van der Waals surface area (Å²) >= 11 is 0. The van der Waals surface area contributed by atoms with Crippen LogP contribution < -0.4 is 15.6 Å². The second-order valence-electron chi connectivity index (χ2n) is 4.56. The van der Waals surface area contributed by atoms with Gasteiger partial charge in [0.15, 0.2) is 0 Å². The Hall–Kier alpha value is -1.55. The molecule has 0 spiro atoms. The Morgan fingerprint density at radius 2 is 1.75 bits per heavy atom. The summed E-state index contributed by atoms with van der Waals surface area (Å²) in [5.41, 5.74) is 6.01. The minimum Gasteiger partial charge on any atom is -0.497 e. The highest BCUT2D eigenvalue weighted by Gasteiger charge is 2.11. The summed E-state index contributed by atoms with van der Waals surface area (Å²) in [6, 6.07) is 6.95. The van der Waals surface area contributed by atoms with E-state index in [1.165, 1.54) is 0 Å². The van der Waals surface area contributed by atoms with Crippen LogP contribution in [0.5, 0.6) is 5.75 Å². The second kappa shape index (κ2) is 4.99. The molecule has 0 unspecified atom stereocenters. The van der Waals surface area contributed by atoms with E-state index in [-0.39, 0.29) is 11.4 Å². The lowest BCUT2D eigenvalue weighted by Crippen LogP contribution is -2.48. The van der Waals surface area contributed by atoms with Crippen LogP contribution >= 0.6 is 0 Å². The largest absolute Gasteiger partial charge is 0.497 e. The molecule has 0 bridgehead atoms. The number of benzene rings is 1. The molecule has 1 rings (SSSR count). The third-order valence-corrected chi connectivity index (χ3v) is 1.90. The van der Waals surface area contributed by atoms with Gasteiger partial charge in [-0.1, -0.05) is 0 Å². The normalized spacial score (nSPS) is 11.0. The number of carbonyl (C=O) groups excluding carboxylic acids is 1. The van der Waals surface area contributed by atoms with Gasteiger partial charge in [0.2, 0.25) is 0 Å². The van der Waals surface area contributed by atoms with Crippen LogP contribution in [-0.2, 0) is 0 Å². The molecule has 0 aromatic heterocycles. The summed E-state index contributed by atoms with van der Waals surface area (Å²) in [4.78, 5) is 11.7. The first-order chi connectivity index (χ1) is 7.42. The molecule has 0 saturated carbocycles. The minimum absolute atomic E-state index is 0.151. The molecule has 0 saturated heterocycles. The Labute approximate surface area is 96.0 Å². The van der Waals surface area contributed by atoms with Gasteiger partial charge in [0.25, 0.3) is 5.91 Å². The van der Waals surface area contributed by atoms with Gasteiger partial charge in [-0.2, -0.15) is 0 Å². The molecule has 0 heterocycles. The van der Waals surface area contributed by atoms with E-state index in [4.69, 9.17) is 4.74 Å². The molecule has 2 N–H and O–H groups in total. The maximum atomic E-state index is 11.7. The van der Waals surface area contributed by atoms with E-state index in [1.54, 1.807) is 31.4 Å². The Morgan fingerprint density at radius 3 is 2.19 bits per heavy atom. The quantitative estimate of drug-likeness (QED) is 0.766. The highest BCUT2D eigenvalue weighted by molar-refractivity contribution is 5.93. The van der Waals surface area contributed by atoms with Gasteiger partial charge in [-0.25, -0.2) is 5.43 Å². The topological polar surface area (TPSA) is 50.4 Å². The van der Waals surface area contributed by atoms with Crippen LogP contribution in [0.1, 0.15) is 31.1 Å². The Bertz CT molecular complexity index is 352. The number of rotatable bonds is 3. The fourth-order valence-corrected chi connectivity index (χ4v) is 1.06. The smallest absolute Gasteiger partial charge is 0.265 e. The maximum Gasteiger partial charge on any atom is 0.265 e. The van der Waals surface area contributed by atoms with E-state index in [0.29, 0.717) is 5.56 Å². The monoisotopic (exact) mass is 222 g/mol. The molecule has 4 nitrogen and oxygen atoms in total. The van der Waals surface area contributed by atoms with Crippen molar-refractivity contribution in [3.05, 3.63) is 29.8 Å². The summed E-state index contributed by atoms with van der Waals surface area (Å²) in [6.07, 6.45) is 0. The SMILES string of the molecule is COc1ccc(C(=O)NNC(C)(C)C)cc1. The van der Waals surface area contributed by atoms with Crippen LogP contribution in [0.3, 0.4) is 0 Å². The highest BCUT2D eigenvalue weighted by atomic mass is 16.5. The number of hydrogen-bond donors (Lipinski definition) is 2. The van der Waals surface area contributed by atoms with Crippen molar-refractivity contribution in [2.45, 2.75) is 26.3 Å². The van der Waals surface area contributed by atoms with Gasteiger partial charge in [0.1, 0.15) is 5.75 Å². The molecule has 16 heavy (non-hydrogen) atoms. The zero-order valence-corrected chi connectivity index (χ0v) is 10.1. The van der Waals surface area contributed by atoms with E-state index >= 15 is 0 Å². The minimum atomic E-state index is -0.155. The zero-order chi connectivity index (χ0) is 12.2. The molecular formula is C12H18N2O2. The summed E-state index contributed by atoms with van der Waals surface area (Å²) in [5.74, 6) is 0.581. The third-order valence-electron chi connectivity index (χ3n) is 1.90. The molecule has 0 aliphatic rings. The van der Waals surface area contributed by atoms with Gasteiger partial charge >= 0.3 is 0 Å². The van der Waals surface area contributed by atoms with Gasteiger partial charge in [-0.05, 0) is 45.0 Å². The molecular weight excluding hydrogens is 204 g/mol. The van der Waals surface area contributed by atoms with E-state index in [2.05, 4.69) is 10.9 Å². The van der Waals surface area contributed by atoms with Crippen molar-refractivity contribution in [1.82, 2.24) is 10.9 Å². The molecule has 0 aliphatic carbocycles. The number of amides is 1. The van der Waals surface area contributed by atoms with E-state index in [0.717, 1.165) is 5.75 Å². The predicted molar refractivity (Wildman–Crippen MR) is 63.3 cm³/mol. The Kier molecular flexibility index (Phi) is 3.90. The van der Waals surface area contributed by atoms with Crippen molar-refractivity contribution in [2.24, 2.45) is 0 Å². The standard InChI is InChI=1S/C12H18N2O2/c1-12(2,3)14-13-11(15)9-5-7-10(16-4)8-6-9/h5-8,14H,1-4H3,(H,13,15). The maximum absolute atomic E-state index is 11.7. The van der Waals surface area contributed by atoms with Crippen LogP contribution in [0.15, 0.2) is 24.3 Å². The van der Waals surface area contributed by atoms with Gasteiger partial charge in [0, 0.05) is 11.1 Å². The average molecular weight is 222 g/mol. The van der Waals surface area contributed by atoms with Crippen molar-refractivity contribution in [3.8, 4) is 5.75 Å². The highest BCUT2D eigenvalue weighted by Crippen LogP contribution is 2.10. The first kappa shape index (κ1) is 12.5. The summed E-state index contributed by atoms with van der Waals surface area (Å²) in [6.45, 7) is 5.92. The fraction of sp³-hybridized carbons (Fsp3) is 0.417. The molecule has 88 valence electrons. The third kappa shape index (κ3) is 3.90. The molecule has 0 aliphatic heterocycles. The number of methoxy groups -OCH3 is 1. The Morgan fingerprint density at radius 1 is 1.19 bits per heavy atom. The number of hydrogen-bond acceptors (Lipinski definition) is 3. The molecule has 1 aromatic rings. The summed E-state index contributed by atoms with van der Waals surface area (Å²) in [7, 11) is 1.59. The van der Waals surface area contributed by atoms with Crippen LogP contribution in [0.4, 0.5) is 0 Å². The van der Waals surface area contributed by atoms with Gasteiger partial charge in [-0.3, -0.25) is 10.2 Å². The van der Waals surface area contributed by atoms with Crippen LogP contribution in [0, 0.1) is 0 Å². The molecule has 1 amide bonds. The summed E-state index contributed by atoms with van der Waals surface area (Å²) in [5, 5.41) is 0. The van der Waals surface area contributed by atoms with E-state index in [9.17, 15) is 4.79 Å². The first-order valence-electron chi connectivity index (χ1n) is 5.14. The molecule has 0 atom stereocenters. The van der Waals surface area contributed by atoms with Crippen molar-refractivity contribution in [3.63, 3.8) is 0 Å². The lowest BCUT2D eigenvalue weighted by Gasteiger charge is -2.20. The second-order valence-corrected chi connectivity index (χ2v) is 4.56. The van der Waals surface area contributed by atoms with Crippen LogP contribution in [0.25, 0.3) is 0 Å².